The van der Waals surface area contributed by atoms with Crippen LogP contribution in [0.2, 0.25) is 5.15 Å². The average Bonchev–Trinajstić information content (AvgIpc) is 2.69. The van der Waals surface area contributed by atoms with Gasteiger partial charge in [-0.15, -0.1) is 0 Å². The van der Waals surface area contributed by atoms with Gasteiger partial charge in [-0.3, -0.25) is 15.2 Å². The van der Waals surface area contributed by atoms with Gasteiger partial charge in [0.25, 0.3) is 5.91 Å². The molecule has 4 N–H and O–H groups in total. The molecule has 6 nitrogen and oxygen atoms in total. The van der Waals surface area contributed by atoms with E-state index in [4.69, 9.17) is 22.7 Å². The first-order valence-corrected chi connectivity index (χ1v) is 8.61. The Morgan fingerprint density at radius 3 is 2.56 bits per heavy atom. The summed E-state index contributed by atoms with van der Waals surface area (Å²) in [5, 5.41) is 11.7. The Morgan fingerprint density at radius 1 is 1.19 bits per heavy atom. The first kappa shape index (κ1) is 18.5. The van der Waals surface area contributed by atoms with Crippen LogP contribution in [-0.2, 0) is 6.54 Å². The molecule has 0 unspecified atom stereocenters. The minimum atomic E-state index is -0.310. The molecule has 0 fully saturated rings. The number of aryl methyl sites for hydroxylation is 1. The van der Waals surface area contributed by atoms with Crippen molar-refractivity contribution in [3.05, 3.63) is 88.0 Å². The van der Waals surface area contributed by atoms with E-state index in [2.05, 4.69) is 15.3 Å². The van der Waals surface area contributed by atoms with Crippen LogP contribution < -0.4 is 11.1 Å². The molecule has 0 aliphatic rings. The summed E-state index contributed by atoms with van der Waals surface area (Å²) < 4.78 is 0. The molecule has 27 heavy (non-hydrogen) atoms. The first-order valence-electron chi connectivity index (χ1n) is 8.24. The molecule has 7 heteroatoms. The minimum absolute atomic E-state index is 0.245. The highest BCUT2D eigenvalue weighted by atomic mass is 35.5. The summed E-state index contributed by atoms with van der Waals surface area (Å²) >= 11 is 5.77. The second-order valence-corrected chi connectivity index (χ2v) is 6.44. The number of nitrogens with zero attached hydrogens (tertiary/aromatic N) is 2. The summed E-state index contributed by atoms with van der Waals surface area (Å²) in [6, 6.07) is 10.4. The number of anilines is 1. The maximum Gasteiger partial charge on any atom is 0.253 e. The number of benzene rings is 1. The Kier molecular flexibility index (Phi) is 5.47. The minimum Gasteiger partial charge on any atom is -0.398 e. The van der Waals surface area contributed by atoms with E-state index in [0.717, 1.165) is 11.1 Å². The summed E-state index contributed by atoms with van der Waals surface area (Å²) in [6.07, 6.45) is 4.83. The lowest BCUT2D eigenvalue weighted by molar-refractivity contribution is 0.0951. The number of rotatable bonds is 5. The maximum absolute atomic E-state index is 12.7. The standard InChI is InChI=1S/C20H18ClN5O/c1-12-8-15(18(22)14-4-6-24-7-5-14)19(23)16(9-12)20(27)26-11-13-2-3-17(21)25-10-13/h2-10,22H,11,23H2,1H3,(H,26,27). The third kappa shape index (κ3) is 4.30. The molecule has 1 amide bonds. The lowest BCUT2D eigenvalue weighted by atomic mass is 9.96. The summed E-state index contributed by atoms with van der Waals surface area (Å²) in [5.74, 6) is -0.310. The largest absolute Gasteiger partial charge is 0.398 e. The van der Waals surface area contributed by atoms with E-state index in [1.807, 2.05) is 6.92 Å². The summed E-state index contributed by atoms with van der Waals surface area (Å²) in [4.78, 5) is 20.6. The highest BCUT2D eigenvalue weighted by Crippen LogP contribution is 2.23. The number of aromatic nitrogens is 2. The van der Waals surface area contributed by atoms with Gasteiger partial charge in [0.05, 0.1) is 17.0 Å². The van der Waals surface area contributed by atoms with E-state index in [9.17, 15) is 4.79 Å². The molecule has 1 aromatic carbocycles. The lowest BCUT2D eigenvalue weighted by Crippen LogP contribution is -2.25. The molecule has 0 saturated carbocycles. The van der Waals surface area contributed by atoms with Crippen molar-refractivity contribution in [3.8, 4) is 0 Å². The number of halogens is 1. The maximum atomic E-state index is 12.7. The molecule has 136 valence electrons. The molecule has 3 aromatic rings. The number of pyridine rings is 2. The van der Waals surface area contributed by atoms with Crippen molar-refractivity contribution in [3.63, 3.8) is 0 Å². The van der Waals surface area contributed by atoms with Crippen LogP contribution in [-0.4, -0.2) is 21.6 Å². The quantitative estimate of drug-likeness (QED) is 0.359. The fourth-order valence-electron chi connectivity index (χ4n) is 2.65. The van der Waals surface area contributed by atoms with Gasteiger partial charge in [-0.2, -0.15) is 0 Å². The molecule has 0 spiro atoms. The van der Waals surface area contributed by atoms with Gasteiger partial charge in [-0.25, -0.2) is 4.98 Å². The van der Waals surface area contributed by atoms with Gasteiger partial charge in [0, 0.05) is 36.3 Å². The van der Waals surface area contributed by atoms with Crippen LogP contribution in [0.15, 0.2) is 55.0 Å². The van der Waals surface area contributed by atoms with E-state index in [1.54, 1.807) is 55.0 Å². The van der Waals surface area contributed by atoms with Crippen molar-refractivity contribution < 1.29 is 4.79 Å². The van der Waals surface area contributed by atoms with Gasteiger partial charge < -0.3 is 11.1 Å². The van der Waals surface area contributed by atoms with Crippen molar-refractivity contribution >= 4 is 28.9 Å². The number of nitrogen functional groups attached to an aromatic ring is 1. The molecular weight excluding hydrogens is 362 g/mol. The van der Waals surface area contributed by atoms with Crippen molar-refractivity contribution in [2.75, 3.05) is 5.73 Å². The van der Waals surface area contributed by atoms with Crippen LogP contribution in [0.3, 0.4) is 0 Å². The molecular formula is C20H18ClN5O. The van der Waals surface area contributed by atoms with Gasteiger partial charge >= 0.3 is 0 Å². The molecule has 0 aliphatic carbocycles. The van der Waals surface area contributed by atoms with Crippen LogP contribution in [0.5, 0.6) is 0 Å². The topological polar surface area (TPSA) is 105 Å². The van der Waals surface area contributed by atoms with Crippen molar-refractivity contribution in [1.82, 2.24) is 15.3 Å². The summed E-state index contributed by atoms with van der Waals surface area (Å²) in [6.45, 7) is 2.16. The third-order valence-electron chi connectivity index (χ3n) is 4.05. The van der Waals surface area contributed by atoms with E-state index in [0.29, 0.717) is 28.4 Å². The number of nitrogens with one attached hydrogen (secondary N) is 2. The third-order valence-corrected chi connectivity index (χ3v) is 4.27. The number of hydrogen-bond acceptors (Lipinski definition) is 5. The van der Waals surface area contributed by atoms with Crippen molar-refractivity contribution in [2.45, 2.75) is 13.5 Å². The molecule has 0 atom stereocenters. The Hall–Kier alpha value is -3.25. The van der Waals surface area contributed by atoms with Gasteiger partial charge in [0.1, 0.15) is 5.15 Å². The fraction of sp³-hybridized carbons (Fsp3) is 0.100. The highest BCUT2D eigenvalue weighted by Gasteiger charge is 2.17. The van der Waals surface area contributed by atoms with Crippen LogP contribution >= 0.6 is 11.6 Å². The Morgan fingerprint density at radius 2 is 1.89 bits per heavy atom. The van der Waals surface area contributed by atoms with Gasteiger partial charge in [0.2, 0.25) is 0 Å². The smallest absolute Gasteiger partial charge is 0.253 e. The second kappa shape index (κ2) is 7.97. The molecule has 0 radical (unpaired) electrons. The molecule has 0 bridgehead atoms. The van der Waals surface area contributed by atoms with Crippen molar-refractivity contribution in [2.24, 2.45) is 0 Å². The number of hydrogen-bond donors (Lipinski definition) is 3. The normalized spacial score (nSPS) is 10.4. The number of carbonyl (C=O) groups is 1. The SMILES string of the molecule is Cc1cc(C(=N)c2ccncc2)c(N)c(C(=O)NCc2ccc(Cl)nc2)c1. The molecule has 2 aromatic heterocycles. The zero-order valence-electron chi connectivity index (χ0n) is 14.7. The summed E-state index contributed by atoms with van der Waals surface area (Å²) in [5.41, 5.74) is 9.95. The second-order valence-electron chi connectivity index (χ2n) is 6.06. The fourth-order valence-corrected chi connectivity index (χ4v) is 2.77. The van der Waals surface area contributed by atoms with Gasteiger partial charge in [0.15, 0.2) is 0 Å². The Balaban J connectivity index is 1.85. The highest BCUT2D eigenvalue weighted by molar-refractivity contribution is 6.29. The zero-order chi connectivity index (χ0) is 19.4. The monoisotopic (exact) mass is 379 g/mol. The van der Waals surface area contributed by atoms with Gasteiger partial charge in [-0.05, 0) is 48.4 Å². The Labute approximate surface area is 161 Å². The van der Waals surface area contributed by atoms with Crippen LogP contribution in [0.25, 0.3) is 0 Å². The van der Waals surface area contributed by atoms with Crippen LogP contribution in [0.4, 0.5) is 5.69 Å². The van der Waals surface area contributed by atoms with Gasteiger partial charge in [-0.1, -0.05) is 17.7 Å². The Bertz CT molecular complexity index is 987. The predicted molar refractivity (Wildman–Crippen MR) is 106 cm³/mol. The zero-order valence-corrected chi connectivity index (χ0v) is 15.4. The van der Waals surface area contributed by atoms with Crippen molar-refractivity contribution in [1.29, 1.82) is 5.41 Å². The predicted octanol–water partition coefficient (Wildman–Crippen LogP) is 3.37. The van der Waals surface area contributed by atoms with E-state index in [1.165, 1.54) is 0 Å². The van der Waals surface area contributed by atoms with Crippen LogP contribution in [0, 0.1) is 12.3 Å². The van der Waals surface area contributed by atoms with E-state index in [-0.39, 0.29) is 17.3 Å². The van der Waals surface area contributed by atoms with E-state index < -0.39 is 0 Å². The molecule has 0 aliphatic heterocycles. The molecule has 3 rings (SSSR count). The average molecular weight is 380 g/mol. The lowest BCUT2D eigenvalue weighted by Gasteiger charge is -2.14. The molecule has 2 heterocycles. The van der Waals surface area contributed by atoms with E-state index >= 15 is 0 Å². The summed E-state index contributed by atoms with van der Waals surface area (Å²) in [7, 11) is 0. The first-order chi connectivity index (χ1) is 13.0. The molecule has 0 saturated heterocycles. The number of nitrogens with two attached hydrogens (primary N) is 1. The number of amides is 1. The number of carbonyl (C=O) groups excluding carboxylic acids is 1. The van der Waals surface area contributed by atoms with Crippen LogP contribution in [0.1, 0.15) is 32.6 Å².